The van der Waals surface area contributed by atoms with Crippen LogP contribution in [0, 0.1) is 13.8 Å². The Hall–Kier alpha value is -2.53. The van der Waals surface area contributed by atoms with Gasteiger partial charge in [-0.2, -0.15) is 0 Å². The number of anilines is 1. The minimum Gasteiger partial charge on any atom is -0.497 e. The van der Waals surface area contributed by atoms with Crippen LogP contribution in [-0.2, 0) is 17.9 Å². The lowest BCUT2D eigenvalue weighted by atomic mass is 10.0. The first kappa shape index (κ1) is 17.3. The normalized spacial score (nSPS) is 13.4. The SMILES string of the molecule is COc1ccc(OC)c(NC(=O)CN2Cc3cc(C)c(C)cc3C2)c1. The Bertz CT molecular complexity index is 771. The number of rotatable bonds is 5. The highest BCUT2D eigenvalue weighted by atomic mass is 16.5. The summed E-state index contributed by atoms with van der Waals surface area (Å²) in [6, 6.07) is 9.81. The molecule has 1 heterocycles. The van der Waals surface area contributed by atoms with Gasteiger partial charge in [-0.1, -0.05) is 12.1 Å². The Labute approximate surface area is 148 Å². The molecule has 0 fully saturated rings. The molecule has 0 atom stereocenters. The Balaban J connectivity index is 1.66. The number of fused-ring (bicyclic) bond motifs is 1. The van der Waals surface area contributed by atoms with E-state index >= 15 is 0 Å². The summed E-state index contributed by atoms with van der Waals surface area (Å²) in [6.07, 6.45) is 0. The number of carbonyl (C=O) groups is 1. The summed E-state index contributed by atoms with van der Waals surface area (Å²) in [5.41, 5.74) is 5.84. The van der Waals surface area contributed by atoms with Crippen molar-refractivity contribution in [2.45, 2.75) is 26.9 Å². The van der Waals surface area contributed by atoms with Crippen LogP contribution in [0.4, 0.5) is 5.69 Å². The van der Waals surface area contributed by atoms with Gasteiger partial charge in [0.1, 0.15) is 11.5 Å². The molecule has 25 heavy (non-hydrogen) atoms. The van der Waals surface area contributed by atoms with Crippen molar-refractivity contribution >= 4 is 11.6 Å². The van der Waals surface area contributed by atoms with E-state index in [0.29, 0.717) is 23.7 Å². The smallest absolute Gasteiger partial charge is 0.238 e. The number of benzene rings is 2. The molecule has 0 bridgehead atoms. The minimum absolute atomic E-state index is 0.0622. The van der Waals surface area contributed by atoms with Crippen molar-refractivity contribution in [1.82, 2.24) is 4.90 Å². The van der Waals surface area contributed by atoms with Gasteiger partial charge in [-0.3, -0.25) is 9.69 Å². The maximum absolute atomic E-state index is 12.5. The highest BCUT2D eigenvalue weighted by molar-refractivity contribution is 5.94. The molecule has 0 unspecified atom stereocenters. The van der Waals surface area contributed by atoms with Gasteiger partial charge in [0, 0.05) is 19.2 Å². The third-order valence-corrected chi connectivity index (χ3v) is 4.65. The first-order valence-electron chi connectivity index (χ1n) is 8.33. The Kier molecular flexibility index (Phi) is 4.95. The second kappa shape index (κ2) is 7.15. The molecule has 1 aliphatic rings. The second-order valence-corrected chi connectivity index (χ2v) is 6.46. The van der Waals surface area contributed by atoms with Gasteiger partial charge in [0.25, 0.3) is 0 Å². The van der Waals surface area contributed by atoms with Gasteiger partial charge < -0.3 is 14.8 Å². The van der Waals surface area contributed by atoms with Crippen LogP contribution >= 0.6 is 0 Å². The first-order valence-corrected chi connectivity index (χ1v) is 8.33. The van der Waals surface area contributed by atoms with E-state index in [1.165, 1.54) is 22.3 Å². The van der Waals surface area contributed by atoms with Crippen LogP contribution in [0.1, 0.15) is 22.3 Å². The van der Waals surface area contributed by atoms with Crippen LogP contribution in [-0.4, -0.2) is 31.6 Å². The fraction of sp³-hybridized carbons (Fsp3) is 0.350. The Morgan fingerprint density at radius 2 is 1.68 bits per heavy atom. The highest BCUT2D eigenvalue weighted by Gasteiger charge is 2.22. The van der Waals surface area contributed by atoms with Crippen molar-refractivity contribution < 1.29 is 14.3 Å². The number of aryl methyl sites for hydroxylation is 2. The van der Waals surface area contributed by atoms with Crippen LogP contribution in [0.5, 0.6) is 11.5 Å². The van der Waals surface area contributed by atoms with Crippen LogP contribution < -0.4 is 14.8 Å². The Morgan fingerprint density at radius 1 is 1.04 bits per heavy atom. The molecule has 1 N–H and O–H groups in total. The number of nitrogens with one attached hydrogen (secondary N) is 1. The molecule has 1 amide bonds. The van der Waals surface area contributed by atoms with Crippen molar-refractivity contribution in [2.75, 3.05) is 26.1 Å². The average Bonchev–Trinajstić information content (AvgIpc) is 2.95. The molecule has 3 rings (SSSR count). The topological polar surface area (TPSA) is 50.8 Å². The molecule has 0 saturated carbocycles. The fourth-order valence-electron chi connectivity index (χ4n) is 3.18. The fourth-order valence-corrected chi connectivity index (χ4v) is 3.18. The lowest BCUT2D eigenvalue weighted by Gasteiger charge is -2.16. The molecule has 0 aromatic heterocycles. The highest BCUT2D eigenvalue weighted by Crippen LogP contribution is 2.29. The largest absolute Gasteiger partial charge is 0.497 e. The maximum Gasteiger partial charge on any atom is 0.238 e. The zero-order chi connectivity index (χ0) is 18.0. The summed E-state index contributed by atoms with van der Waals surface area (Å²) < 4.78 is 10.5. The van der Waals surface area contributed by atoms with Crippen LogP contribution in [0.3, 0.4) is 0 Å². The van der Waals surface area contributed by atoms with Crippen LogP contribution in [0.15, 0.2) is 30.3 Å². The van der Waals surface area contributed by atoms with Gasteiger partial charge in [0.15, 0.2) is 0 Å². The number of carbonyl (C=O) groups excluding carboxylic acids is 1. The number of methoxy groups -OCH3 is 2. The summed E-state index contributed by atoms with van der Waals surface area (Å²) >= 11 is 0. The van der Waals surface area contributed by atoms with Gasteiger partial charge in [-0.15, -0.1) is 0 Å². The quantitative estimate of drug-likeness (QED) is 0.907. The van der Waals surface area contributed by atoms with Gasteiger partial charge in [-0.05, 0) is 48.2 Å². The predicted octanol–water partition coefficient (Wildman–Crippen LogP) is 3.27. The summed E-state index contributed by atoms with van der Waals surface area (Å²) in [6.45, 7) is 6.20. The van der Waals surface area contributed by atoms with Gasteiger partial charge in [-0.25, -0.2) is 0 Å². The van der Waals surface area contributed by atoms with E-state index in [1.807, 2.05) is 0 Å². The molecule has 132 valence electrons. The lowest BCUT2D eigenvalue weighted by Crippen LogP contribution is -2.29. The molecule has 0 saturated heterocycles. The molecule has 0 aliphatic carbocycles. The number of hydrogen-bond donors (Lipinski definition) is 1. The molecule has 5 nitrogen and oxygen atoms in total. The van der Waals surface area contributed by atoms with E-state index in [1.54, 1.807) is 32.4 Å². The summed E-state index contributed by atoms with van der Waals surface area (Å²) in [7, 11) is 3.18. The maximum atomic E-state index is 12.5. The minimum atomic E-state index is -0.0622. The third kappa shape index (κ3) is 3.77. The summed E-state index contributed by atoms with van der Waals surface area (Å²) in [4.78, 5) is 14.6. The molecule has 5 heteroatoms. The second-order valence-electron chi connectivity index (χ2n) is 6.46. The van der Waals surface area contributed by atoms with E-state index < -0.39 is 0 Å². The van der Waals surface area contributed by atoms with E-state index in [0.717, 1.165) is 13.1 Å². The van der Waals surface area contributed by atoms with E-state index in [4.69, 9.17) is 9.47 Å². The first-order chi connectivity index (χ1) is 12.0. The number of hydrogen-bond acceptors (Lipinski definition) is 4. The lowest BCUT2D eigenvalue weighted by molar-refractivity contribution is -0.117. The molecule has 2 aromatic carbocycles. The molecule has 1 aliphatic heterocycles. The summed E-state index contributed by atoms with van der Waals surface area (Å²) in [5, 5.41) is 2.93. The predicted molar refractivity (Wildman–Crippen MR) is 98.2 cm³/mol. The number of amides is 1. The number of nitrogens with zero attached hydrogens (tertiary/aromatic N) is 1. The molecule has 2 aromatic rings. The monoisotopic (exact) mass is 340 g/mol. The molecular formula is C20H24N2O3. The van der Waals surface area contributed by atoms with Crippen molar-refractivity contribution in [3.8, 4) is 11.5 Å². The molecular weight excluding hydrogens is 316 g/mol. The van der Waals surface area contributed by atoms with Gasteiger partial charge in [0.05, 0.1) is 26.5 Å². The van der Waals surface area contributed by atoms with E-state index in [-0.39, 0.29) is 5.91 Å². The van der Waals surface area contributed by atoms with Crippen molar-refractivity contribution in [3.63, 3.8) is 0 Å². The van der Waals surface area contributed by atoms with Gasteiger partial charge >= 0.3 is 0 Å². The average molecular weight is 340 g/mol. The van der Waals surface area contributed by atoms with Gasteiger partial charge in [0.2, 0.25) is 5.91 Å². The van der Waals surface area contributed by atoms with E-state index in [9.17, 15) is 4.79 Å². The van der Waals surface area contributed by atoms with Crippen LogP contribution in [0.2, 0.25) is 0 Å². The third-order valence-electron chi connectivity index (χ3n) is 4.65. The zero-order valence-electron chi connectivity index (χ0n) is 15.2. The van der Waals surface area contributed by atoms with Crippen molar-refractivity contribution in [2.24, 2.45) is 0 Å². The van der Waals surface area contributed by atoms with Crippen molar-refractivity contribution in [1.29, 1.82) is 0 Å². The molecule has 0 spiro atoms. The van der Waals surface area contributed by atoms with Crippen LogP contribution in [0.25, 0.3) is 0 Å². The Morgan fingerprint density at radius 3 is 2.24 bits per heavy atom. The summed E-state index contributed by atoms with van der Waals surface area (Å²) in [5.74, 6) is 1.23. The number of ether oxygens (including phenoxy) is 2. The standard InChI is InChI=1S/C20H24N2O3/c1-13-7-15-10-22(11-16(15)8-14(13)2)12-20(23)21-18-9-17(24-3)5-6-19(18)25-4/h5-9H,10-12H2,1-4H3,(H,21,23). The van der Waals surface area contributed by atoms with Crippen molar-refractivity contribution in [3.05, 3.63) is 52.6 Å². The molecule has 0 radical (unpaired) electrons. The van der Waals surface area contributed by atoms with E-state index in [2.05, 4.69) is 36.2 Å². The zero-order valence-corrected chi connectivity index (χ0v) is 15.2.